The molecule has 0 radical (unpaired) electrons. The number of hydrazone groups is 1. The van der Waals surface area contributed by atoms with Gasteiger partial charge in [0.05, 0.1) is 26.5 Å². The molecule has 0 heterocycles. The Morgan fingerprint density at radius 3 is 2.45 bits per heavy atom. The molecule has 1 N–H and O–H groups in total. The first-order valence-electron chi connectivity index (χ1n) is 12.6. The van der Waals surface area contributed by atoms with Crippen molar-refractivity contribution in [1.82, 2.24) is 5.43 Å². The van der Waals surface area contributed by atoms with E-state index in [-0.39, 0.29) is 5.91 Å². The summed E-state index contributed by atoms with van der Waals surface area (Å²) >= 11 is 0. The quantitative estimate of drug-likeness (QED) is 0.176. The Balaban J connectivity index is 1.42. The minimum absolute atomic E-state index is 0.360. The van der Waals surface area contributed by atoms with Gasteiger partial charge >= 0.3 is 0 Å². The zero-order valence-corrected chi connectivity index (χ0v) is 21.9. The number of benzene rings is 4. The first kappa shape index (κ1) is 26.5. The topological polar surface area (TPSA) is 78.4 Å². The number of amides is 1. The van der Waals surface area contributed by atoms with Crippen molar-refractivity contribution in [2.45, 2.75) is 26.9 Å². The molecular weight excluding hydrogens is 480 g/mol. The second kappa shape index (κ2) is 13.1. The van der Waals surface area contributed by atoms with Crippen LogP contribution < -0.4 is 24.4 Å². The summed E-state index contributed by atoms with van der Waals surface area (Å²) in [7, 11) is 1.54. The van der Waals surface area contributed by atoms with Crippen molar-refractivity contribution in [3.8, 4) is 23.0 Å². The summed E-state index contributed by atoms with van der Waals surface area (Å²) in [6.45, 7) is 5.42. The molecule has 0 aliphatic carbocycles. The number of carbonyl (C=O) groups is 1. The SMILES string of the molecule is CCCOc1ccc(C(=O)N/N=C/c2ccc(OCc3cccc4ccccc34)c(OCC)c2)cc1OC. The lowest BCUT2D eigenvalue weighted by Gasteiger charge is -2.14. The number of hydrogen-bond donors (Lipinski definition) is 1. The summed E-state index contributed by atoms with van der Waals surface area (Å²) < 4.78 is 22.9. The maximum atomic E-state index is 12.6. The number of methoxy groups -OCH3 is 1. The summed E-state index contributed by atoms with van der Waals surface area (Å²) in [5, 5.41) is 6.44. The Bertz CT molecular complexity index is 1410. The van der Waals surface area contributed by atoms with E-state index < -0.39 is 0 Å². The molecule has 196 valence electrons. The van der Waals surface area contributed by atoms with Gasteiger partial charge in [-0.25, -0.2) is 5.43 Å². The molecule has 4 aromatic carbocycles. The molecule has 0 spiro atoms. The zero-order valence-electron chi connectivity index (χ0n) is 21.9. The molecular formula is C31H32N2O5. The predicted octanol–water partition coefficient (Wildman–Crippen LogP) is 6.38. The van der Waals surface area contributed by atoms with Crippen LogP contribution in [0.2, 0.25) is 0 Å². The van der Waals surface area contributed by atoms with Crippen LogP contribution in [0.4, 0.5) is 0 Å². The number of rotatable bonds is 12. The summed E-state index contributed by atoms with van der Waals surface area (Å²) in [5.41, 5.74) is 4.82. The highest BCUT2D eigenvalue weighted by Crippen LogP contribution is 2.30. The standard InChI is InChI=1S/C31H32N2O5/c1-4-17-37-27-16-14-24(19-29(27)35-3)31(34)33-32-20-22-13-15-28(30(18-22)36-5-2)38-21-25-11-8-10-23-9-6-7-12-26(23)25/h6-16,18-20H,4-5,17,21H2,1-3H3,(H,33,34)/b32-20+. The van der Waals surface area contributed by atoms with Crippen molar-refractivity contribution in [1.29, 1.82) is 0 Å². The van der Waals surface area contributed by atoms with Crippen LogP contribution in [0, 0.1) is 0 Å². The molecule has 0 bridgehead atoms. The van der Waals surface area contributed by atoms with Crippen LogP contribution in [0.1, 0.15) is 41.8 Å². The minimum Gasteiger partial charge on any atom is -0.493 e. The van der Waals surface area contributed by atoms with E-state index >= 15 is 0 Å². The third kappa shape index (κ3) is 6.62. The van der Waals surface area contributed by atoms with Gasteiger partial charge < -0.3 is 18.9 Å². The number of nitrogens with zero attached hydrogens (tertiary/aromatic N) is 1. The molecule has 38 heavy (non-hydrogen) atoms. The van der Waals surface area contributed by atoms with Crippen molar-refractivity contribution in [2.24, 2.45) is 5.10 Å². The smallest absolute Gasteiger partial charge is 0.271 e. The van der Waals surface area contributed by atoms with Crippen LogP contribution in [-0.4, -0.2) is 32.4 Å². The summed E-state index contributed by atoms with van der Waals surface area (Å²) in [6.07, 6.45) is 2.44. The van der Waals surface area contributed by atoms with Crippen LogP contribution in [0.3, 0.4) is 0 Å². The van der Waals surface area contributed by atoms with Gasteiger partial charge in [-0.3, -0.25) is 4.79 Å². The largest absolute Gasteiger partial charge is 0.493 e. The lowest BCUT2D eigenvalue weighted by molar-refractivity contribution is 0.0954. The van der Waals surface area contributed by atoms with Crippen LogP contribution in [0.25, 0.3) is 10.8 Å². The summed E-state index contributed by atoms with van der Waals surface area (Å²) in [6, 6.07) is 25.0. The molecule has 0 saturated heterocycles. The van der Waals surface area contributed by atoms with Gasteiger partial charge in [-0.15, -0.1) is 0 Å². The van der Waals surface area contributed by atoms with E-state index in [1.165, 1.54) is 5.39 Å². The Hall–Kier alpha value is -4.52. The van der Waals surface area contributed by atoms with Gasteiger partial charge in [0.15, 0.2) is 23.0 Å². The van der Waals surface area contributed by atoms with E-state index in [1.807, 2.05) is 50.2 Å². The van der Waals surface area contributed by atoms with E-state index in [0.29, 0.717) is 48.4 Å². The van der Waals surface area contributed by atoms with Gasteiger partial charge in [0.1, 0.15) is 6.61 Å². The van der Waals surface area contributed by atoms with Gasteiger partial charge in [0.25, 0.3) is 5.91 Å². The normalized spacial score (nSPS) is 10.9. The van der Waals surface area contributed by atoms with Crippen molar-refractivity contribution >= 4 is 22.9 Å². The number of hydrogen-bond acceptors (Lipinski definition) is 6. The number of nitrogens with one attached hydrogen (secondary N) is 1. The molecule has 7 nitrogen and oxygen atoms in total. The average molecular weight is 513 g/mol. The lowest BCUT2D eigenvalue weighted by atomic mass is 10.1. The van der Waals surface area contributed by atoms with Crippen LogP contribution in [0.5, 0.6) is 23.0 Å². The van der Waals surface area contributed by atoms with Gasteiger partial charge in [-0.05, 0) is 71.6 Å². The summed E-state index contributed by atoms with van der Waals surface area (Å²) in [5.74, 6) is 1.98. The minimum atomic E-state index is -0.360. The second-order valence-corrected chi connectivity index (χ2v) is 8.48. The van der Waals surface area contributed by atoms with Crippen LogP contribution >= 0.6 is 0 Å². The Morgan fingerprint density at radius 2 is 1.63 bits per heavy atom. The maximum absolute atomic E-state index is 12.6. The van der Waals surface area contributed by atoms with E-state index in [2.05, 4.69) is 34.8 Å². The van der Waals surface area contributed by atoms with Crippen LogP contribution in [0.15, 0.2) is 84.0 Å². The number of carbonyl (C=O) groups excluding carboxylic acids is 1. The molecule has 0 atom stereocenters. The second-order valence-electron chi connectivity index (χ2n) is 8.48. The molecule has 0 fully saturated rings. The van der Waals surface area contributed by atoms with Gasteiger partial charge in [-0.1, -0.05) is 49.4 Å². The van der Waals surface area contributed by atoms with Crippen LogP contribution in [-0.2, 0) is 6.61 Å². The van der Waals surface area contributed by atoms with Crippen molar-refractivity contribution in [3.05, 3.63) is 95.6 Å². The van der Waals surface area contributed by atoms with Crippen molar-refractivity contribution in [2.75, 3.05) is 20.3 Å². The monoisotopic (exact) mass is 512 g/mol. The summed E-state index contributed by atoms with van der Waals surface area (Å²) in [4.78, 5) is 12.6. The molecule has 0 aromatic heterocycles. The fraction of sp³-hybridized carbons (Fsp3) is 0.226. The Morgan fingerprint density at radius 1 is 0.842 bits per heavy atom. The molecule has 4 rings (SSSR count). The highest BCUT2D eigenvalue weighted by atomic mass is 16.5. The number of fused-ring (bicyclic) bond motifs is 1. The molecule has 0 aliphatic heterocycles. The first-order valence-corrected chi connectivity index (χ1v) is 12.6. The van der Waals surface area contributed by atoms with Crippen molar-refractivity contribution in [3.63, 3.8) is 0 Å². The third-order valence-electron chi connectivity index (χ3n) is 5.80. The number of ether oxygens (including phenoxy) is 4. The molecule has 4 aromatic rings. The molecule has 0 saturated carbocycles. The zero-order chi connectivity index (χ0) is 26.7. The molecule has 7 heteroatoms. The fourth-order valence-electron chi connectivity index (χ4n) is 3.94. The van der Waals surface area contributed by atoms with Gasteiger partial charge in [0, 0.05) is 5.56 Å². The highest BCUT2D eigenvalue weighted by molar-refractivity contribution is 5.95. The van der Waals surface area contributed by atoms with Gasteiger partial charge in [-0.2, -0.15) is 5.10 Å². The van der Waals surface area contributed by atoms with E-state index in [9.17, 15) is 4.79 Å². The third-order valence-corrected chi connectivity index (χ3v) is 5.80. The molecule has 0 aliphatic rings. The van der Waals surface area contributed by atoms with Gasteiger partial charge in [0.2, 0.25) is 0 Å². The molecule has 0 unspecified atom stereocenters. The fourth-order valence-corrected chi connectivity index (χ4v) is 3.94. The highest BCUT2D eigenvalue weighted by Gasteiger charge is 2.11. The van der Waals surface area contributed by atoms with Crippen molar-refractivity contribution < 1.29 is 23.7 Å². The van der Waals surface area contributed by atoms with E-state index in [4.69, 9.17) is 18.9 Å². The molecule has 1 amide bonds. The lowest BCUT2D eigenvalue weighted by Crippen LogP contribution is -2.17. The van der Waals surface area contributed by atoms with E-state index in [1.54, 1.807) is 31.5 Å². The first-order chi connectivity index (χ1) is 18.6. The van der Waals surface area contributed by atoms with E-state index in [0.717, 1.165) is 22.9 Å². The maximum Gasteiger partial charge on any atom is 0.271 e. The Labute approximate surface area is 223 Å². The average Bonchev–Trinajstić information content (AvgIpc) is 2.95. The Kier molecular flexibility index (Phi) is 9.18. The predicted molar refractivity (Wildman–Crippen MR) is 150 cm³/mol.